The Balaban J connectivity index is 1.51. The zero-order valence-corrected chi connectivity index (χ0v) is 22.7. The Hall–Kier alpha value is -3.06. The zero-order valence-electron chi connectivity index (χ0n) is 18.9. The molecule has 168 valence electrons. The summed E-state index contributed by atoms with van der Waals surface area (Å²) in [6.45, 7) is 4.25. The van der Waals surface area contributed by atoms with Gasteiger partial charge in [0.1, 0.15) is 0 Å². The summed E-state index contributed by atoms with van der Waals surface area (Å²) in [6, 6.07) is 30.8. The Labute approximate surface area is 210 Å². The van der Waals surface area contributed by atoms with E-state index in [1.165, 1.54) is 19.8 Å². The number of carbonyl (C=O) groups is 2. The van der Waals surface area contributed by atoms with Gasteiger partial charge in [0.15, 0.2) is 0 Å². The monoisotopic (exact) mass is 570 g/mol. The topological polar surface area (TPSA) is 58.2 Å². The molecule has 0 unspecified atom stereocenters. The third kappa shape index (κ3) is 6.29. The van der Waals surface area contributed by atoms with E-state index >= 15 is 0 Å². The number of nitrogens with one attached hydrogen (secondary N) is 2. The molecule has 0 heterocycles. The van der Waals surface area contributed by atoms with Gasteiger partial charge >= 0.3 is 212 Å². The molecule has 0 spiro atoms. The average molecular weight is 570 g/mol. The van der Waals surface area contributed by atoms with Crippen molar-refractivity contribution in [3.05, 3.63) is 119 Å². The van der Waals surface area contributed by atoms with E-state index in [0.717, 1.165) is 11.4 Å². The first-order valence-electron chi connectivity index (χ1n) is 10.9. The Bertz CT molecular complexity index is 1250. The molecular formula is C28H24As2N2O2. The first-order chi connectivity index (χ1) is 16.5. The number of rotatable bonds is 6. The molecule has 2 N–H and O–H groups in total. The molecule has 0 aromatic heterocycles. The van der Waals surface area contributed by atoms with Crippen molar-refractivity contribution in [2.24, 2.45) is 0 Å². The summed E-state index contributed by atoms with van der Waals surface area (Å²) >= 11 is -0.131. The Morgan fingerprint density at radius 1 is 0.559 bits per heavy atom. The van der Waals surface area contributed by atoms with Crippen LogP contribution in [0.4, 0.5) is 11.4 Å². The Kier molecular flexibility index (Phi) is 8.06. The Morgan fingerprint density at radius 3 is 1.32 bits per heavy atom. The SMILES string of the molecule is Cc1ccc(NC(=O)c2ccccc2)cc1[As]=[As]c1cc(NC(=O)c2ccccc2)ccc1C. The van der Waals surface area contributed by atoms with Crippen LogP contribution in [-0.2, 0) is 0 Å². The molecule has 4 nitrogen and oxygen atoms in total. The second kappa shape index (κ2) is 11.4. The minimum absolute atomic E-state index is 0.0653. The van der Waals surface area contributed by atoms with Gasteiger partial charge in [0, 0.05) is 0 Å². The van der Waals surface area contributed by atoms with Crippen molar-refractivity contribution in [3.8, 4) is 0 Å². The molecule has 4 rings (SSSR count). The summed E-state index contributed by atoms with van der Waals surface area (Å²) in [5.74, 6) is -0.199. The molecule has 2 amide bonds. The molecular weight excluding hydrogens is 546 g/mol. The molecule has 0 fully saturated rings. The fourth-order valence-electron chi connectivity index (χ4n) is 3.28. The van der Waals surface area contributed by atoms with Crippen LogP contribution in [-0.4, -0.2) is 38.1 Å². The van der Waals surface area contributed by atoms with Crippen LogP contribution in [0.1, 0.15) is 31.8 Å². The molecule has 0 atom stereocenters. The second-order valence-electron chi connectivity index (χ2n) is 7.84. The summed E-state index contributed by atoms with van der Waals surface area (Å²) in [6.07, 6.45) is 0. The third-order valence-corrected chi connectivity index (χ3v) is 14.2. The van der Waals surface area contributed by atoms with Crippen molar-refractivity contribution in [3.63, 3.8) is 0 Å². The van der Waals surface area contributed by atoms with Crippen molar-refractivity contribution in [1.29, 1.82) is 0 Å². The summed E-state index contributed by atoms with van der Waals surface area (Å²) < 4.78 is 2.64. The molecule has 0 aliphatic heterocycles. The van der Waals surface area contributed by atoms with Crippen LogP contribution in [0.25, 0.3) is 0 Å². The molecule has 4 aromatic carbocycles. The van der Waals surface area contributed by atoms with E-state index < -0.39 is 0 Å². The van der Waals surface area contributed by atoms with Gasteiger partial charge in [-0.15, -0.1) is 0 Å². The predicted octanol–water partition coefficient (Wildman–Crippen LogP) is 4.08. The van der Waals surface area contributed by atoms with E-state index in [1.807, 2.05) is 72.8 Å². The molecule has 6 heteroatoms. The standard InChI is InChI=1S/C28H24As2N2O2/c1-19-13-15-23(31-27(33)21-9-5-3-6-10-21)17-25(19)29-30-26-18-24(16-14-20(26)2)32-28(34)22-11-7-4-8-12-22/h3-18H,1-2H3,(H,31,33)(H,32,34). The summed E-state index contributed by atoms with van der Waals surface area (Å²) in [7, 11) is 0. The molecule has 0 radical (unpaired) electrons. The molecule has 4 aromatic rings. The van der Waals surface area contributed by atoms with Crippen LogP contribution in [0.15, 0.2) is 97.1 Å². The second-order valence-corrected chi connectivity index (χ2v) is 15.1. The van der Waals surface area contributed by atoms with E-state index in [1.54, 1.807) is 0 Å². The molecule has 0 saturated carbocycles. The van der Waals surface area contributed by atoms with Crippen molar-refractivity contribution < 1.29 is 9.59 Å². The normalized spacial score (nSPS) is 10.8. The fourth-order valence-corrected chi connectivity index (χ4v) is 12.6. The predicted molar refractivity (Wildman–Crippen MR) is 142 cm³/mol. The fraction of sp³-hybridized carbons (Fsp3) is 0.0714. The van der Waals surface area contributed by atoms with Gasteiger partial charge in [-0.05, 0) is 0 Å². The van der Waals surface area contributed by atoms with Crippen molar-refractivity contribution in [2.75, 3.05) is 10.6 Å². The van der Waals surface area contributed by atoms with Gasteiger partial charge in [-0.2, -0.15) is 0 Å². The maximum absolute atomic E-state index is 12.5. The first-order valence-corrected chi connectivity index (χ1v) is 17.9. The van der Waals surface area contributed by atoms with Crippen molar-refractivity contribution in [1.82, 2.24) is 0 Å². The van der Waals surface area contributed by atoms with E-state index in [2.05, 4.69) is 48.7 Å². The van der Waals surface area contributed by atoms with E-state index in [0.29, 0.717) is 11.1 Å². The quantitative estimate of drug-likeness (QED) is 0.344. The van der Waals surface area contributed by atoms with Gasteiger partial charge < -0.3 is 0 Å². The molecule has 0 saturated heterocycles. The number of anilines is 2. The number of carbonyl (C=O) groups excluding carboxylic acids is 2. The third-order valence-electron chi connectivity index (χ3n) is 5.27. The maximum atomic E-state index is 12.5. The minimum atomic E-state index is -0.0994. The van der Waals surface area contributed by atoms with E-state index in [-0.39, 0.29) is 38.1 Å². The van der Waals surface area contributed by atoms with Gasteiger partial charge in [-0.1, -0.05) is 0 Å². The van der Waals surface area contributed by atoms with Gasteiger partial charge in [0.2, 0.25) is 0 Å². The Morgan fingerprint density at radius 2 is 0.941 bits per heavy atom. The van der Waals surface area contributed by atoms with Gasteiger partial charge in [0.05, 0.1) is 0 Å². The average Bonchev–Trinajstić information content (AvgIpc) is 2.87. The van der Waals surface area contributed by atoms with Crippen LogP contribution in [0.5, 0.6) is 0 Å². The number of benzene rings is 4. The number of hydrogen-bond donors (Lipinski definition) is 2. The number of aryl methyl sites for hydroxylation is 2. The zero-order chi connectivity index (χ0) is 23.9. The van der Waals surface area contributed by atoms with Crippen LogP contribution >= 0.6 is 0 Å². The summed E-state index contributed by atoms with van der Waals surface area (Å²) in [5.41, 5.74) is 5.44. The van der Waals surface area contributed by atoms with Gasteiger partial charge in [-0.3, -0.25) is 0 Å². The summed E-state index contributed by atoms with van der Waals surface area (Å²) in [4.78, 5) is 25.1. The number of hydrogen-bond acceptors (Lipinski definition) is 2. The van der Waals surface area contributed by atoms with Crippen LogP contribution in [0.2, 0.25) is 0 Å². The molecule has 0 aliphatic carbocycles. The first kappa shape index (κ1) is 24.1. The molecule has 34 heavy (non-hydrogen) atoms. The van der Waals surface area contributed by atoms with E-state index in [9.17, 15) is 9.59 Å². The molecule has 0 bridgehead atoms. The van der Waals surface area contributed by atoms with Crippen LogP contribution < -0.4 is 19.3 Å². The summed E-state index contributed by atoms with van der Waals surface area (Å²) in [5, 5.41) is 6.04. The molecule has 0 aliphatic rings. The van der Waals surface area contributed by atoms with Crippen molar-refractivity contribution >= 4 is 58.2 Å². The van der Waals surface area contributed by atoms with E-state index in [4.69, 9.17) is 0 Å². The van der Waals surface area contributed by atoms with Gasteiger partial charge in [0.25, 0.3) is 0 Å². The number of amides is 2. The van der Waals surface area contributed by atoms with Crippen LogP contribution in [0.3, 0.4) is 0 Å². The van der Waals surface area contributed by atoms with Gasteiger partial charge in [-0.25, -0.2) is 0 Å². The van der Waals surface area contributed by atoms with Crippen LogP contribution in [0, 0.1) is 13.8 Å². The van der Waals surface area contributed by atoms with Crippen molar-refractivity contribution in [2.45, 2.75) is 13.8 Å².